The van der Waals surface area contributed by atoms with Crippen LogP contribution in [0, 0.1) is 0 Å². The topological polar surface area (TPSA) is 114 Å². The van der Waals surface area contributed by atoms with Crippen molar-refractivity contribution >= 4 is 19.7 Å². The summed E-state index contributed by atoms with van der Waals surface area (Å²) in [6, 6.07) is -0.889. The van der Waals surface area contributed by atoms with Crippen LogP contribution in [0.3, 0.4) is 0 Å². The van der Waals surface area contributed by atoms with Crippen molar-refractivity contribution in [2.75, 3.05) is 40.9 Å². The number of unbranched alkanes of at least 4 members (excludes halogenated alkanes) is 47. The largest absolute Gasteiger partial charge is 0.756 e. The highest BCUT2D eigenvalue weighted by Gasteiger charge is 2.27. The molecule has 0 fully saturated rings. The van der Waals surface area contributed by atoms with E-state index in [0.717, 1.165) is 70.6 Å². The molecule has 0 heterocycles. The van der Waals surface area contributed by atoms with Crippen LogP contribution in [0.2, 0.25) is 0 Å². The SMILES string of the molecule is CCCCC/C=C\C/C=C\C/C=C\CCCCCCCCCCCCCCCCC(=O)NC(COP(=O)([O-])OCC[N+](C)(C)C)C(/C=C/CCCCCCCCCCC)OC(=O)CCCCCCCCCCCCCCCCC/C=C/CCCCCCCC. The number of likely N-dealkylation sites (N-methyl/N-ethyl adjacent to an activating group) is 1. The summed E-state index contributed by atoms with van der Waals surface area (Å²) in [5.41, 5.74) is 0. The molecule has 0 aromatic heterocycles. The molecular weight excluding hydrogens is 1120 g/mol. The number of hydrogen-bond acceptors (Lipinski definition) is 7. The van der Waals surface area contributed by atoms with Crippen LogP contribution in [0.4, 0.5) is 0 Å². The lowest BCUT2D eigenvalue weighted by Crippen LogP contribution is -2.47. The van der Waals surface area contributed by atoms with Crippen LogP contribution in [0.5, 0.6) is 0 Å². The summed E-state index contributed by atoms with van der Waals surface area (Å²) in [4.78, 5) is 40.3. The lowest BCUT2D eigenvalue weighted by Gasteiger charge is -2.30. The van der Waals surface area contributed by atoms with Gasteiger partial charge in [0, 0.05) is 12.8 Å². The Hall–Kier alpha value is -2.29. The van der Waals surface area contributed by atoms with Gasteiger partial charge in [-0.1, -0.05) is 332 Å². The predicted octanol–water partition coefficient (Wildman–Crippen LogP) is 24.3. The Morgan fingerprint density at radius 3 is 1.06 bits per heavy atom. The first-order valence-corrected chi connectivity index (χ1v) is 40.1. The molecule has 0 aromatic carbocycles. The smallest absolute Gasteiger partial charge is 0.306 e. The van der Waals surface area contributed by atoms with E-state index >= 15 is 0 Å². The number of rotatable bonds is 71. The predicted molar refractivity (Wildman–Crippen MR) is 385 cm³/mol. The molecule has 10 heteroatoms. The van der Waals surface area contributed by atoms with Crippen LogP contribution in [0.25, 0.3) is 0 Å². The Kier molecular flexibility index (Phi) is 66.8. The van der Waals surface area contributed by atoms with Crippen molar-refractivity contribution in [3.05, 3.63) is 60.8 Å². The average Bonchev–Trinajstić information content (AvgIpc) is 3.70. The Bertz CT molecular complexity index is 1700. The minimum atomic E-state index is -4.71. The zero-order valence-corrected chi connectivity index (χ0v) is 60.8. The van der Waals surface area contributed by atoms with Gasteiger partial charge in [-0.2, -0.15) is 0 Å². The van der Waals surface area contributed by atoms with Crippen molar-refractivity contribution in [2.45, 2.75) is 392 Å². The zero-order valence-electron chi connectivity index (χ0n) is 59.9. The number of phosphoric acid groups is 1. The van der Waals surface area contributed by atoms with E-state index in [1.807, 2.05) is 33.3 Å². The molecule has 0 bridgehead atoms. The van der Waals surface area contributed by atoms with Crippen LogP contribution in [-0.2, 0) is 27.9 Å². The molecule has 0 rings (SSSR count). The van der Waals surface area contributed by atoms with Gasteiger partial charge in [-0.3, -0.25) is 14.2 Å². The number of nitrogens with zero attached hydrogens (tertiary/aromatic N) is 1. The molecule has 0 spiro atoms. The molecule has 0 aliphatic heterocycles. The maximum absolute atomic E-state index is 13.6. The molecule has 0 radical (unpaired) electrons. The van der Waals surface area contributed by atoms with Crippen LogP contribution >= 0.6 is 7.82 Å². The van der Waals surface area contributed by atoms with Crippen molar-refractivity contribution in [2.24, 2.45) is 0 Å². The van der Waals surface area contributed by atoms with Crippen LogP contribution in [0.15, 0.2) is 60.8 Å². The molecule has 1 amide bonds. The molecule has 0 aliphatic carbocycles. The first-order chi connectivity index (χ1) is 43.4. The summed E-state index contributed by atoms with van der Waals surface area (Å²) in [6.07, 6.45) is 89.3. The number of esters is 1. The molecular formula is C79H149N2O7P. The molecule has 3 atom stereocenters. The normalized spacial score (nSPS) is 13.7. The summed E-state index contributed by atoms with van der Waals surface area (Å²) in [5.74, 6) is -0.525. The van der Waals surface area contributed by atoms with Gasteiger partial charge in [0.2, 0.25) is 5.91 Å². The summed E-state index contributed by atoms with van der Waals surface area (Å²) >= 11 is 0. The van der Waals surface area contributed by atoms with E-state index in [4.69, 9.17) is 13.8 Å². The number of nitrogens with one attached hydrogen (secondary N) is 1. The number of amides is 1. The summed E-state index contributed by atoms with van der Waals surface area (Å²) < 4.78 is 30.5. The molecule has 0 aliphatic rings. The highest BCUT2D eigenvalue weighted by Crippen LogP contribution is 2.38. The van der Waals surface area contributed by atoms with E-state index in [2.05, 4.69) is 74.7 Å². The molecule has 0 saturated heterocycles. The first kappa shape index (κ1) is 86.7. The number of hydrogen-bond donors (Lipinski definition) is 1. The fourth-order valence-electron chi connectivity index (χ4n) is 11.5. The third-order valence-corrected chi connectivity index (χ3v) is 18.4. The van der Waals surface area contributed by atoms with Crippen LogP contribution < -0.4 is 10.2 Å². The number of allylic oxidation sites excluding steroid dienone is 9. The van der Waals surface area contributed by atoms with Gasteiger partial charge in [-0.15, -0.1) is 0 Å². The minimum Gasteiger partial charge on any atom is -0.756 e. The van der Waals surface area contributed by atoms with Crippen molar-refractivity contribution in [3.63, 3.8) is 0 Å². The van der Waals surface area contributed by atoms with Gasteiger partial charge in [-0.05, 0) is 96.0 Å². The van der Waals surface area contributed by atoms with E-state index < -0.39 is 20.0 Å². The third-order valence-electron chi connectivity index (χ3n) is 17.4. The Labute approximate surface area is 553 Å². The number of carbonyl (C=O) groups excluding carboxylic acids is 2. The van der Waals surface area contributed by atoms with Crippen LogP contribution in [-0.4, -0.2) is 69.4 Å². The molecule has 9 nitrogen and oxygen atoms in total. The fraction of sp³-hybridized carbons (Fsp3) is 0.848. The van der Waals surface area contributed by atoms with E-state index in [-0.39, 0.29) is 31.5 Å². The minimum absolute atomic E-state index is 0.0214. The highest BCUT2D eigenvalue weighted by molar-refractivity contribution is 7.45. The third kappa shape index (κ3) is 69.9. The number of ether oxygens (including phenoxy) is 1. The number of phosphoric ester groups is 1. The van der Waals surface area contributed by atoms with E-state index in [9.17, 15) is 19.0 Å². The molecule has 3 unspecified atom stereocenters. The average molecular weight is 1270 g/mol. The lowest BCUT2D eigenvalue weighted by atomic mass is 10.0. The molecule has 522 valence electrons. The fourth-order valence-corrected chi connectivity index (χ4v) is 12.2. The van der Waals surface area contributed by atoms with Gasteiger partial charge in [-0.25, -0.2) is 0 Å². The van der Waals surface area contributed by atoms with Gasteiger partial charge in [0.05, 0.1) is 33.8 Å². The van der Waals surface area contributed by atoms with Crippen molar-refractivity contribution in [1.82, 2.24) is 5.32 Å². The Balaban J connectivity index is 4.90. The second-order valence-corrected chi connectivity index (χ2v) is 28.9. The Morgan fingerprint density at radius 2 is 0.685 bits per heavy atom. The summed E-state index contributed by atoms with van der Waals surface area (Å²) in [7, 11) is 1.20. The maximum Gasteiger partial charge on any atom is 0.306 e. The standard InChI is InChI=1S/C79H149N2O7P/c1-7-10-13-16-19-22-25-27-29-31-33-35-37-39-40-42-43-45-47-49-51-53-56-59-62-65-68-71-78(82)80-76(75-87-89(84,85)86-74-73-81(4,5)6)77(70-67-64-61-58-55-24-21-18-15-12-9-3)88-79(83)72-69-66-63-60-57-54-52-50-48-46-44-41-38-36-34-32-30-28-26-23-20-17-14-11-8-2/h19,22,27-30,33,35,67,70,76-77H,7-18,20-21,23-26,31-32,34,36-66,68-69,71-75H2,1-6H3,(H-,80,82,84,85)/b22-19-,29-27-,30-28+,35-33-,70-67+. The quantitative estimate of drug-likeness (QED) is 0.0212. The van der Waals surface area contributed by atoms with Crippen LogP contribution in [0.1, 0.15) is 380 Å². The van der Waals surface area contributed by atoms with Gasteiger partial charge < -0.3 is 28.5 Å². The van der Waals surface area contributed by atoms with Gasteiger partial charge in [0.15, 0.2) is 0 Å². The summed E-state index contributed by atoms with van der Waals surface area (Å²) in [5, 5.41) is 3.05. The lowest BCUT2D eigenvalue weighted by molar-refractivity contribution is -0.870. The maximum atomic E-state index is 13.6. The Morgan fingerprint density at radius 1 is 0.393 bits per heavy atom. The second-order valence-electron chi connectivity index (χ2n) is 27.5. The van der Waals surface area contributed by atoms with Crippen molar-refractivity contribution < 1.29 is 37.3 Å². The summed E-state index contributed by atoms with van der Waals surface area (Å²) in [6.45, 7) is 6.86. The molecule has 0 aromatic rings. The molecule has 1 N–H and O–H groups in total. The highest BCUT2D eigenvalue weighted by atomic mass is 31.2. The van der Waals surface area contributed by atoms with Gasteiger partial charge in [0.25, 0.3) is 7.82 Å². The zero-order chi connectivity index (χ0) is 64.9. The first-order valence-electron chi connectivity index (χ1n) is 38.6. The molecule has 0 saturated carbocycles. The molecule has 89 heavy (non-hydrogen) atoms. The monoisotopic (exact) mass is 1270 g/mol. The van der Waals surface area contributed by atoms with Gasteiger partial charge in [0.1, 0.15) is 19.3 Å². The second kappa shape index (κ2) is 68.6. The number of quaternary nitrogens is 1. The number of carbonyl (C=O) groups is 2. The van der Waals surface area contributed by atoms with Crippen molar-refractivity contribution in [3.8, 4) is 0 Å². The van der Waals surface area contributed by atoms with Crippen molar-refractivity contribution in [1.29, 1.82) is 0 Å². The van der Waals surface area contributed by atoms with E-state index in [0.29, 0.717) is 17.4 Å². The van der Waals surface area contributed by atoms with Gasteiger partial charge >= 0.3 is 5.97 Å². The van der Waals surface area contributed by atoms with E-state index in [1.165, 1.54) is 276 Å². The van der Waals surface area contributed by atoms with E-state index in [1.54, 1.807) is 0 Å².